The van der Waals surface area contributed by atoms with Gasteiger partial charge in [-0.2, -0.15) is 0 Å². The highest BCUT2D eigenvalue weighted by atomic mass is 32.2. The number of para-hydroxylation sites is 1. The van der Waals surface area contributed by atoms with Crippen LogP contribution in [0.15, 0.2) is 51.9 Å². The third-order valence-electron chi connectivity index (χ3n) is 3.22. The van der Waals surface area contributed by atoms with Crippen molar-refractivity contribution in [2.45, 2.75) is 25.7 Å². The standard InChI is InChI=1S/C17H19NO3S/c1-4-18-14-8-6-7-9-15(14)22-16(18)11-10-13(12(3)19)17(20)21-5-2/h6-11H,4-5H2,1-3H3/b13-10+,16-11+. The Morgan fingerprint density at radius 1 is 1.27 bits per heavy atom. The van der Waals surface area contributed by atoms with E-state index in [2.05, 4.69) is 24.0 Å². The molecule has 0 aliphatic carbocycles. The third kappa shape index (κ3) is 3.42. The number of Topliss-reactive ketones (excluding diaryl/α,β-unsaturated/α-hetero) is 1. The smallest absolute Gasteiger partial charge is 0.341 e. The summed E-state index contributed by atoms with van der Waals surface area (Å²) in [5.74, 6) is -0.866. The molecule has 0 saturated carbocycles. The Morgan fingerprint density at radius 2 is 2.00 bits per heavy atom. The number of benzene rings is 1. The average Bonchev–Trinajstić information content (AvgIpc) is 2.84. The molecule has 0 amide bonds. The highest BCUT2D eigenvalue weighted by Crippen LogP contribution is 2.45. The van der Waals surface area contributed by atoms with Gasteiger partial charge in [0.2, 0.25) is 0 Å². The fraction of sp³-hybridized carbons (Fsp3) is 0.294. The number of hydrogen-bond donors (Lipinski definition) is 0. The van der Waals surface area contributed by atoms with E-state index in [1.54, 1.807) is 24.8 Å². The lowest BCUT2D eigenvalue weighted by Gasteiger charge is -2.17. The first kappa shape index (κ1) is 16.4. The Labute approximate surface area is 134 Å². The number of allylic oxidation sites excluding steroid dienone is 2. The average molecular weight is 317 g/mol. The van der Waals surface area contributed by atoms with Crippen LogP contribution in [0.3, 0.4) is 0 Å². The van der Waals surface area contributed by atoms with E-state index in [1.807, 2.05) is 18.2 Å². The summed E-state index contributed by atoms with van der Waals surface area (Å²) >= 11 is 1.63. The molecule has 0 unspecified atom stereocenters. The fourth-order valence-corrected chi connectivity index (χ4v) is 3.32. The zero-order valence-corrected chi connectivity index (χ0v) is 13.8. The lowest BCUT2D eigenvalue weighted by Crippen LogP contribution is -2.17. The van der Waals surface area contributed by atoms with Crippen LogP contribution in [0.25, 0.3) is 0 Å². The highest BCUT2D eigenvalue weighted by molar-refractivity contribution is 8.03. The lowest BCUT2D eigenvalue weighted by molar-refractivity contribution is -0.139. The topological polar surface area (TPSA) is 46.6 Å². The Morgan fingerprint density at radius 3 is 2.64 bits per heavy atom. The molecule has 22 heavy (non-hydrogen) atoms. The Kier molecular flexibility index (Phi) is 5.44. The molecule has 4 nitrogen and oxygen atoms in total. The van der Waals surface area contributed by atoms with E-state index < -0.39 is 5.97 Å². The number of fused-ring (bicyclic) bond motifs is 1. The van der Waals surface area contributed by atoms with Crippen LogP contribution in [-0.2, 0) is 14.3 Å². The van der Waals surface area contributed by atoms with Crippen LogP contribution in [0.2, 0.25) is 0 Å². The predicted molar refractivity (Wildman–Crippen MR) is 88.8 cm³/mol. The van der Waals surface area contributed by atoms with Crippen molar-refractivity contribution in [3.05, 3.63) is 47.0 Å². The summed E-state index contributed by atoms with van der Waals surface area (Å²) in [6, 6.07) is 8.12. The van der Waals surface area contributed by atoms with Crippen LogP contribution in [0.4, 0.5) is 5.69 Å². The highest BCUT2D eigenvalue weighted by Gasteiger charge is 2.23. The van der Waals surface area contributed by atoms with Gasteiger partial charge in [-0.05, 0) is 45.1 Å². The second-order valence-electron chi connectivity index (χ2n) is 4.68. The van der Waals surface area contributed by atoms with Crippen LogP contribution in [0.1, 0.15) is 20.8 Å². The molecule has 2 rings (SSSR count). The van der Waals surface area contributed by atoms with Crippen molar-refractivity contribution in [2.24, 2.45) is 0 Å². The zero-order valence-electron chi connectivity index (χ0n) is 13.0. The van der Waals surface area contributed by atoms with Crippen molar-refractivity contribution in [1.29, 1.82) is 0 Å². The number of thioether (sulfide) groups is 1. The predicted octanol–water partition coefficient (Wildman–Crippen LogP) is 3.54. The Balaban J connectivity index is 2.31. The molecule has 5 heteroatoms. The van der Waals surface area contributed by atoms with Crippen molar-refractivity contribution in [1.82, 2.24) is 0 Å². The SMILES string of the molecule is CCOC(=O)/C(=C/C=C1/Sc2ccccc2N1CC)C(C)=O. The number of esters is 1. The first-order valence-electron chi connectivity index (χ1n) is 7.22. The Bertz CT molecular complexity index is 649. The largest absolute Gasteiger partial charge is 0.462 e. The molecule has 0 spiro atoms. The molecule has 0 N–H and O–H groups in total. The molecule has 1 heterocycles. The fourth-order valence-electron chi connectivity index (χ4n) is 2.20. The third-order valence-corrected chi connectivity index (χ3v) is 4.35. The summed E-state index contributed by atoms with van der Waals surface area (Å²) < 4.78 is 4.92. The zero-order chi connectivity index (χ0) is 16.1. The van der Waals surface area contributed by atoms with E-state index in [4.69, 9.17) is 4.74 Å². The summed E-state index contributed by atoms with van der Waals surface area (Å²) in [4.78, 5) is 26.7. The maximum atomic E-state index is 11.8. The van der Waals surface area contributed by atoms with E-state index >= 15 is 0 Å². The van der Waals surface area contributed by atoms with Crippen molar-refractivity contribution in [2.75, 3.05) is 18.1 Å². The summed E-state index contributed by atoms with van der Waals surface area (Å²) in [5, 5.41) is 0.992. The molecule has 1 aliphatic rings. The van der Waals surface area contributed by atoms with Gasteiger partial charge in [0.15, 0.2) is 5.78 Å². The lowest BCUT2D eigenvalue weighted by atomic mass is 10.2. The minimum Gasteiger partial charge on any atom is -0.462 e. The Hall–Kier alpha value is -2.01. The summed E-state index contributed by atoms with van der Waals surface area (Å²) in [6.45, 7) is 6.23. The first-order valence-corrected chi connectivity index (χ1v) is 8.04. The number of ether oxygens (including phenoxy) is 1. The normalized spacial score (nSPS) is 15.9. The van der Waals surface area contributed by atoms with Gasteiger partial charge in [0.1, 0.15) is 5.57 Å². The van der Waals surface area contributed by atoms with Gasteiger partial charge in [0, 0.05) is 11.4 Å². The van der Waals surface area contributed by atoms with Crippen LogP contribution in [-0.4, -0.2) is 24.9 Å². The maximum Gasteiger partial charge on any atom is 0.341 e. The van der Waals surface area contributed by atoms with E-state index in [0.29, 0.717) is 0 Å². The number of rotatable bonds is 5. The molecule has 1 aromatic carbocycles. The first-order chi connectivity index (χ1) is 10.6. The molecule has 0 fully saturated rings. The number of hydrogen-bond acceptors (Lipinski definition) is 5. The molecular weight excluding hydrogens is 298 g/mol. The van der Waals surface area contributed by atoms with Crippen molar-refractivity contribution >= 4 is 29.2 Å². The van der Waals surface area contributed by atoms with Crippen LogP contribution in [0.5, 0.6) is 0 Å². The minimum absolute atomic E-state index is 0.0713. The van der Waals surface area contributed by atoms with E-state index in [-0.39, 0.29) is 18.0 Å². The number of nitrogens with zero attached hydrogens (tertiary/aromatic N) is 1. The van der Waals surface area contributed by atoms with Crippen LogP contribution >= 0.6 is 11.8 Å². The molecule has 0 saturated heterocycles. The van der Waals surface area contributed by atoms with Crippen LogP contribution < -0.4 is 4.90 Å². The second-order valence-corrected chi connectivity index (χ2v) is 5.74. The number of anilines is 1. The number of carbonyl (C=O) groups excluding carboxylic acids is 2. The van der Waals surface area contributed by atoms with Gasteiger partial charge in [0.05, 0.1) is 17.3 Å². The van der Waals surface area contributed by atoms with E-state index in [0.717, 1.165) is 17.3 Å². The van der Waals surface area contributed by atoms with Gasteiger partial charge in [-0.15, -0.1) is 0 Å². The minimum atomic E-state index is -0.574. The van der Waals surface area contributed by atoms with E-state index in [9.17, 15) is 9.59 Å². The van der Waals surface area contributed by atoms with Gasteiger partial charge in [-0.1, -0.05) is 23.9 Å². The maximum absolute atomic E-state index is 11.8. The summed E-state index contributed by atoms with van der Waals surface area (Å²) in [7, 11) is 0. The van der Waals surface area contributed by atoms with Crippen molar-refractivity contribution < 1.29 is 14.3 Å². The molecular formula is C17H19NO3S. The summed E-state index contributed by atoms with van der Waals surface area (Å²) in [6.07, 6.45) is 3.36. The van der Waals surface area contributed by atoms with Gasteiger partial charge < -0.3 is 9.64 Å². The molecule has 0 radical (unpaired) electrons. The molecule has 0 bridgehead atoms. The van der Waals surface area contributed by atoms with Gasteiger partial charge in [-0.25, -0.2) is 4.79 Å². The molecule has 116 valence electrons. The molecule has 0 atom stereocenters. The van der Waals surface area contributed by atoms with Gasteiger partial charge in [0.25, 0.3) is 0 Å². The number of carbonyl (C=O) groups is 2. The molecule has 0 aromatic heterocycles. The molecule has 1 aliphatic heterocycles. The number of ketones is 1. The van der Waals surface area contributed by atoms with Crippen molar-refractivity contribution in [3.8, 4) is 0 Å². The monoisotopic (exact) mass is 317 g/mol. The van der Waals surface area contributed by atoms with Crippen molar-refractivity contribution in [3.63, 3.8) is 0 Å². The van der Waals surface area contributed by atoms with Gasteiger partial charge >= 0.3 is 5.97 Å². The van der Waals surface area contributed by atoms with Crippen LogP contribution in [0, 0.1) is 0 Å². The quantitative estimate of drug-likeness (QED) is 0.360. The second kappa shape index (κ2) is 7.31. The molecule has 1 aromatic rings. The summed E-state index contributed by atoms with van der Waals surface area (Å²) in [5.41, 5.74) is 1.22. The van der Waals surface area contributed by atoms with Gasteiger partial charge in [-0.3, -0.25) is 4.79 Å². The van der Waals surface area contributed by atoms with E-state index in [1.165, 1.54) is 11.8 Å².